The fourth-order valence-electron chi connectivity index (χ4n) is 3.78. The highest BCUT2D eigenvalue weighted by Gasteiger charge is 2.11. The first-order valence-corrected chi connectivity index (χ1v) is 11.2. The number of pyridine rings is 1. The standard InChI is InChI=1S/C28H21N5O3/c34-28(19-5-4-8-23(17-19)30-20-6-2-1-3-7-20)32-22-11-9-21(10-12-22)31-27-15-16-29-26-14-13-24(33(35)36)18-25(26)27/h1-18,30H,(H,29,31)(H,32,34). The minimum Gasteiger partial charge on any atom is -0.356 e. The molecule has 0 aliphatic rings. The Morgan fingerprint density at radius 3 is 2.22 bits per heavy atom. The number of fused-ring (bicyclic) bond motifs is 1. The predicted octanol–water partition coefficient (Wildman–Crippen LogP) is 6.88. The van der Waals surface area contributed by atoms with Gasteiger partial charge in [0.15, 0.2) is 0 Å². The van der Waals surface area contributed by atoms with Gasteiger partial charge >= 0.3 is 0 Å². The molecule has 1 heterocycles. The van der Waals surface area contributed by atoms with Crippen LogP contribution in [-0.4, -0.2) is 15.8 Å². The van der Waals surface area contributed by atoms with Crippen LogP contribution in [0.25, 0.3) is 10.9 Å². The van der Waals surface area contributed by atoms with Crippen LogP contribution in [0.1, 0.15) is 10.4 Å². The third-order valence-electron chi connectivity index (χ3n) is 5.54. The molecule has 3 N–H and O–H groups in total. The number of benzene rings is 4. The molecule has 36 heavy (non-hydrogen) atoms. The molecule has 4 aromatic carbocycles. The molecule has 0 saturated carbocycles. The fraction of sp³-hybridized carbons (Fsp3) is 0. The van der Waals surface area contributed by atoms with Crippen LogP contribution in [0.3, 0.4) is 0 Å². The molecule has 8 nitrogen and oxygen atoms in total. The van der Waals surface area contributed by atoms with Crippen LogP contribution in [-0.2, 0) is 0 Å². The third-order valence-corrected chi connectivity index (χ3v) is 5.54. The summed E-state index contributed by atoms with van der Waals surface area (Å²) >= 11 is 0. The highest BCUT2D eigenvalue weighted by Crippen LogP contribution is 2.29. The molecule has 5 aromatic rings. The molecule has 1 amide bonds. The van der Waals surface area contributed by atoms with Crippen LogP contribution in [0.2, 0.25) is 0 Å². The van der Waals surface area contributed by atoms with Crippen LogP contribution >= 0.6 is 0 Å². The molecule has 0 radical (unpaired) electrons. The number of anilines is 5. The highest BCUT2D eigenvalue weighted by atomic mass is 16.6. The summed E-state index contributed by atoms with van der Waals surface area (Å²) in [6, 6.07) is 30.6. The zero-order chi connectivity index (χ0) is 24.9. The summed E-state index contributed by atoms with van der Waals surface area (Å²) in [5.74, 6) is -0.222. The van der Waals surface area contributed by atoms with Crippen LogP contribution in [0, 0.1) is 10.1 Å². The van der Waals surface area contributed by atoms with E-state index >= 15 is 0 Å². The minimum atomic E-state index is -0.429. The number of rotatable bonds is 7. The fourth-order valence-corrected chi connectivity index (χ4v) is 3.78. The van der Waals surface area contributed by atoms with Crippen molar-refractivity contribution in [3.8, 4) is 0 Å². The van der Waals surface area contributed by atoms with E-state index in [1.165, 1.54) is 12.1 Å². The second-order valence-corrected chi connectivity index (χ2v) is 8.05. The lowest BCUT2D eigenvalue weighted by Crippen LogP contribution is -2.12. The number of non-ortho nitro benzene ring substituents is 1. The van der Waals surface area contributed by atoms with Crippen LogP contribution in [0.15, 0.2) is 109 Å². The Hall–Kier alpha value is -5.24. The normalized spacial score (nSPS) is 10.6. The summed E-state index contributed by atoms with van der Waals surface area (Å²) in [4.78, 5) is 27.8. The summed E-state index contributed by atoms with van der Waals surface area (Å²) in [6.07, 6.45) is 1.64. The molecule has 0 bridgehead atoms. The molecule has 1 aromatic heterocycles. The SMILES string of the molecule is O=C(Nc1ccc(Nc2ccnc3ccc([N+](=O)[O-])cc23)cc1)c1cccc(Nc2ccccc2)c1. The van der Waals surface area contributed by atoms with Gasteiger partial charge in [0.1, 0.15) is 0 Å². The van der Waals surface area contributed by atoms with Gasteiger partial charge in [-0.25, -0.2) is 0 Å². The molecule has 0 aliphatic carbocycles. The van der Waals surface area contributed by atoms with Gasteiger partial charge in [-0.1, -0.05) is 24.3 Å². The number of hydrogen-bond acceptors (Lipinski definition) is 6. The Morgan fingerprint density at radius 1 is 0.722 bits per heavy atom. The maximum absolute atomic E-state index is 12.8. The maximum atomic E-state index is 12.8. The molecule has 0 fully saturated rings. The van der Waals surface area contributed by atoms with Crippen molar-refractivity contribution in [1.82, 2.24) is 4.98 Å². The predicted molar refractivity (Wildman–Crippen MR) is 142 cm³/mol. The molecule has 0 unspecified atom stereocenters. The monoisotopic (exact) mass is 475 g/mol. The Morgan fingerprint density at radius 2 is 1.44 bits per heavy atom. The zero-order valence-corrected chi connectivity index (χ0v) is 19.0. The van der Waals surface area contributed by atoms with Gasteiger partial charge in [0.25, 0.3) is 11.6 Å². The molecule has 0 spiro atoms. The topological polar surface area (TPSA) is 109 Å². The number of para-hydroxylation sites is 1. The van der Waals surface area contributed by atoms with Crippen molar-refractivity contribution in [3.05, 3.63) is 125 Å². The summed E-state index contributed by atoms with van der Waals surface area (Å²) in [5, 5.41) is 21.3. The zero-order valence-electron chi connectivity index (χ0n) is 19.0. The van der Waals surface area contributed by atoms with Crippen LogP contribution in [0.5, 0.6) is 0 Å². The van der Waals surface area contributed by atoms with Crippen LogP contribution in [0.4, 0.5) is 34.1 Å². The number of carbonyl (C=O) groups excluding carboxylic acids is 1. The lowest BCUT2D eigenvalue weighted by atomic mass is 10.1. The second kappa shape index (κ2) is 9.94. The van der Waals surface area contributed by atoms with E-state index in [0.717, 1.165) is 17.1 Å². The molecule has 0 saturated heterocycles. The Bertz CT molecular complexity index is 1550. The van der Waals surface area contributed by atoms with Gasteiger partial charge in [0, 0.05) is 57.7 Å². The van der Waals surface area contributed by atoms with Gasteiger partial charge < -0.3 is 16.0 Å². The van der Waals surface area contributed by atoms with Crippen molar-refractivity contribution in [2.75, 3.05) is 16.0 Å². The van der Waals surface area contributed by atoms with Crippen molar-refractivity contribution < 1.29 is 9.72 Å². The quantitative estimate of drug-likeness (QED) is 0.175. The van der Waals surface area contributed by atoms with E-state index in [0.29, 0.717) is 27.8 Å². The first-order chi connectivity index (χ1) is 17.5. The number of nitro groups is 1. The number of aromatic nitrogens is 1. The van der Waals surface area contributed by atoms with Gasteiger partial charge in [0.05, 0.1) is 10.4 Å². The van der Waals surface area contributed by atoms with Crippen molar-refractivity contribution in [2.24, 2.45) is 0 Å². The number of carbonyl (C=O) groups is 1. The summed E-state index contributed by atoms with van der Waals surface area (Å²) in [6.45, 7) is 0. The lowest BCUT2D eigenvalue weighted by Gasteiger charge is -2.11. The van der Waals surface area contributed by atoms with Crippen molar-refractivity contribution in [2.45, 2.75) is 0 Å². The number of nitro benzene ring substituents is 1. The van der Waals surface area contributed by atoms with E-state index in [2.05, 4.69) is 20.9 Å². The Balaban J connectivity index is 1.28. The summed E-state index contributed by atoms with van der Waals surface area (Å²) < 4.78 is 0. The molecular formula is C28H21N5O3. The molecule has 176 valence electrons. The lowest BCUT2D eigenvalue weighted by molar-refractivity contribution is -0.384. The number of amides is 1. The molecule has 8 heteroatoms. The number of nitrogens with zero attached hydrogens (tertiary/aromatic N) is 2. The van der Waals surface area contributed by atoms with Gasteiger partial charge in [-0.15, -0.1) is 0 Å². The average molecular weight is 476 g/mol. The van der Waals surface area contributed by atoms with Crippen molar-refractivity contribution in [3.63, 3.8) is 0 Å². The smallest absolute Gasteiger partial charge is 0.270 e. The van der Waals surface area contributed by atoms with E-state index in [1.54, 1.807) is 42.6 Å². The summed E-state index contributed by atoms with van der Waals surface area (Å²) in [5.41, 5.74) is 5.04. The largest absolute Gasteiger partial charge is 0.356 e. The van der Waals surface area contributed by atoms with E-state index in [1.807, 2.05) is 54.6 Å². The van der Waals surface area contributed by atoms with Crippen molar-refractivity contribution in [1.29, 1.82) is 0 Å². The average Bonchev–Trinajstić information content (AvgIpc) is 2.90. The Kier molecular flexibility index (Phi) is 6.23. The van der Waals surface area contributed by atoms with Gasteiger partial charge in [-0.3, -0.25) is 19.9 Å². The first-order valence-electron chi connectivity index (χ1n) is 11.2. The van der Waals surface area contributed by atoms with E-state index in [9.17, 15) is 14.9 Å². The second-order valence-electron chi connectivity index (χ2n) is 8.05. The highest BCUT2D eigenvalue weighted by molar-refractivity contribution is 6.05. The third kappa shape index (κ3) is 5.13. The Labute approximate surface area is 206 Å². The van der Waals surface area contributed by atoms with Gasteiger partial charge in [-0.05, 0) is 66.7 Å². The maximum Gasteiger partial charge on any atom is 0.270 e. The minimum absolute atomic E-state index is 0.000326. The van der Waals surface area contributed by atoms with Crippen molar-refractivity contribution >= 4 is 50.9 Å². The molecule has 5 rings (SSSR count). The molecule has 0 aliphatic heterocycles. The number of nitrogens with one attached hydrogen (secondary N) is 3. The van der Waals surface area contributed by atoms with Crippen LogP contribution < -0.4 is 16.0 Å². The summed E-state index contributed by atoms with van der Waals surface area (Å²) in [7, 11) is 0. The van der Waals surface area contributed by atoms with E-state index in [-0.39, 0.29) is 11.6 Å². The van der Waals surface area contributed by atoms with E-state index in [4.69, 9.17) is 0 Å². The number of hydrogen-bond donors (Lipinski definition) is 3. The van der Waals surface area contributed by atoms with Gasteiger partial charge in [0.2, 0.25) is 0 Å². The van der Waals surface area contributed by atoms with E-state index < -0.39 is 4.92 Å². The first kappa shape index (κ1) is 22.5. The molecule has 0 atom stereocenters. The van der Waals surface area contributed by atoms with Gasteiger partial charge in [-0.2, -0.15) is 0 Å². The molecular weight excluding hydrogens is 454 g/mol.